The molecule has 0 N–H and O–H groups in total. The van der Waals surface area contributed by atoms with Crippen molar-refractivity contribution in [3.8, 4) is 0 Å². The molecule has 3 nitrogen and oxygen atoms in total. The van der Waals surface area contributed by atoms with Crippen LogP contribution < -0.4 is 0 Å². The van der Waals surface area contributed by atoms with Gasteiger partial charge in [-0.3, -0.25) is 0 Å². The van der Waals surface area contributed by atoms with E-state index in [-0.39, 0.29) is 6.61 Å². The number of hydrogen-bond donors (Lipinski definition) is 0. The molecular weight excluding hydrogens is 297 g/mol. The van der Waals surface area contributed by atoms with Gasteiger partial charge in [0.25, 0.3) is 0 Å². The van der Waals surface area contributed by atoms with E-state index >= 15 is 0 Å². The van der Waals surface area contributed by atoms with Crippen molar-refractivity contribution >= 4 is 6.16 Å². The van der Waals surface area contributed by atoms with E-state index in [2.05, 4.69) is 28.5 Å². The van der Waals surface area contributed by atoms with E-state index in [1.54, 1.807) is 0 Å². The van der Waals surface area contributed by atoms with Crippen LogP contribution in [0.25, 0.3) is 0 Å². The van der Waals surface area contributed by atoms with Gasteiger partial charge in [-0.2, -0.15) is 0 Å². The molecule has 1 aromatic carbocycles. The highest BCUT2D eigenvalue weighted by Gasteiger charge is 2.34. The first-order chi connectivity index (χ1) is 10.4. The van der Waals surface area contributed by atoms with Crippen LogP contribution in [0.15, 0.2) is 24.3 Å². The summed E-state index contributed by atoms with van der Waals surface area (Å²) in [5.74, 6) is 0. The summed E-state index contributed by atoms with van der Waals surface area (Å²) in [6.45, 7) is 2.06. The number of carbonyl (C=O) groups is 1. The molecule has 0 amide bonds. The lowest BCUT2D eigenvalue weighted by atomic mass is 10.0. The fraction of sp³-hybridized carbons (Fsp3) is 0.562. The maximum Gasteiger partial charge on any atom is 0.577 e. The van der Waals surface area contributed by atoms with Gasteiger partial charge in [-0.15, -0.1) is 13.2 Å². The number of aryl methyl sites for hydroxylation is 2. The Kier molecular flexibility index (Phi) is 7.77. The summed E-state index contributed by atoms with van der Waals surface area (Å²) < 4.78 is 42.6. The van der Waals surface area contributed by atoms with Crippen molar-refractivity contribution in [2.75, 3.05) is 6.61 Å². The summed E-state index contributed by atoms with van der Waals surface area (Å²) >= 11 is 0. The third-order valence-electron chi connectivity index (χ3n) is 3.12. The van der Waals surface area contributed by atoms with E-state index in [0.29, 0.717) is 12.8 Å². The molecule has 22 heavy (non-hydrogen) atoms. The van der Waals surface area contributed by atoms with Gasteiger partial charge in [0, 0.05) is 0 Å². The van der Waals surface area contributed by atoms with Crippen LogP contribution >= 0.6 is 0 Å². The predicted octanol–water partition coefficient (Wildman–Crippen LogP) is 5.02. The second-order valence-corrected chi connectivity index (χ2v) is 5.02. The number of unbranched alkanes of at least 4 members (excludes halogenated alkanes) is 2. The molecule has 0 bridgehead atoms. The van der Waals surface area contributed by atoms with Crippen molar-refractivity contribution in [2.24, 2.45) is 0 Å². The number of halogens is 3. The SMILES string of the molecule is CCCCCc1ccc(CCCOC(=O)OC(F)(F)F)cc1. The number of hydrogen-bond acceptors (Lipinski definition) is 3. The Morgan fingerprint density at radius 2 is 1.55 bits per heavy atom. The molecule has 0 aliphatic rings. The zero-order valence-electron chi connectivity index (χ0n) is 12.6. The van der Waals surface area contributed by atoms with Crippen LogP contribution in [0.3, 0.4) is 0 Å². The Balaban J connectivity index is 2.21. The number of carbonyl (C=O) groups excluding carboxylic acids is 1. The molecule has 6 heteroatoms. The van der Waals surface area contributed by atoms with E-state index in [4.69, 9.17) is 0 Å². The van der Waals surface area contributed by atoms with E-state index in [1.165, 1.54) is 24.8 Å². The maximum absolute atomic E-state index is 11.7. The van der Waals surface area contributed by atoms with Crippen LogP contribution in [0.5, 0.6) is 0 Å². The summed E-state index contributed by atoms with van der Waals surface area (Å²) in [6.07, 6.45) is -0.992. The summed E-state index contributed by atoms with van der Waals surface area (Å²) in [5, 5.41) is 0. The van der Waals surface area contributed by atoms with Gasteiger partial charge in [-0.1, -0.05) is 44.0 Å². The molecule has 0 saturated heterocycles. The fourth-order valence-electron chi connectivity index (χ4n) is 2.01. The fourth-order valence-corrected chi connectivity index (χ4v) is 2.01. The van der Waals surface area contributed by atoms with Gasteiger partial charge in [0.05, 0.1) is 6.61 Å². The van der Waals surface area contributed by atoms with Crippen molar-refractivity contribution in [2.45, 2.75) is 51.8 Å². The Labute approximate surface area is 128 Å². The van der Waals surface area contributed by atoms with Gasteiger partial charge in [0.1, 0.15) is 0 Å². The van der Waals surface area contributed by atoms with E-state index in [1.807, 2.05) is 12.1 Å². The van der Waals surface area contributed by atoms with Crippen molar-refractivity contribution < 1.29 is 27.4 Å². The standard InChI is InChI=1S/C16H21F3O3/c1-2-3-4-6-13-8-10-14(11-9-13)7-5-12-21-15(20)22-16(17,18)19/h8-11H,2-7,12H2,1H3. The lowest BCUT2D eigenvalue weighted by Gasteiger charge is -2.08. The summed E-state index contributed by atoms with van der Waals surface area (Å²) in [6, 6.07) is 8.11. The molecule has 0 heterocycles. The molecule has 0 fully saturated rings. The molecule has 0 aliphatic carbocycles. The van der Waals surface area contributed by atoms with Crippen LogP contribution in [-0.4, -0.2) is 19.1 Å². The minimum atomic E-state index is -5.00. The summed E-state index contributed by atoms with van der Waals surface area (Å²) in [7, 11) is 0. The molecule has 0 radical (unpaired) electrons. The highest BCUT2D eigenvalue weighted by atomic mass is 19.4. The largest absolute Gasteiger partial charge is 0.577 e. The second kappa shape index (κ2) is 9.33. The monoisotopic (exact) mass is 318 g/mol. The molecule has 1 rings (SSSR count). The molecule has 124 valence electrons. The highest BCUT2D eigenvalue weighted by Crippen LogP contribution is 2.17. The Morgan fingerprint density at radius 3 is 2.05 bits per heavy atom. The number of rotatable bonds is 8. The minimum Gasteiger partial charge on any atom is -0.434 e. The van der Waals surface area contributed by atoms with Crippen molar-refractivity contribution in [1.29, 1.82) is 0 Å². The van der Waals surface area contributed by atoms with E-state index in [0.717, 1.165) is 12.0 Å². The first kappa shape index (κ1) is 18.3. The number of benzene rings is 1. The average Bonchev–Trinajstić information content (AvgIpc) is 2.43. The first-order valence-corrected chi connectivity index (χ1v) is 7.41. The topological polar surface area (TPSA) is 35.5 Å². The van der Waals surface area contributed by atoms with Gasteiger partial charge in [-0.25, -0.2) is 4.79 Å². The molecule has 0 aromatic heterocycles. The van der Waals surface area contributed by atoms with E-state index < -0.39 is 12.5 Å². The quantitative estimate of drug-likeness (QED) is 0.498. The first-order valence-electron chi connectivity index (χ1n) is 7.41. The Hall–Kier alpha value is -1.72. The molecule has 0 aliphatic heterocycles. The normalized spacial score (nSPS) is 11.3. The molecule has 1 aromatic rings. The van der Waals surface area contributed by atoms with Crippen LogP contribution in [0, 0.1) is 0 Å². The average molecular weight is 318 g/mol. The van der Waals surface area contributed by atoms with Gasteiger partial charge in [0.2, 0.25) is 0 Å². The van der Waals surface area contributed by atoms with Gasteiger partial charge < -0.3 is 9.47 Å². The van der Waals surface area contributed by atoms with Crippen LogP contribution in [-0.2, 0) is 22.3 Å². The van der Waals surface area contributed by atoms with Crippen LogP contribution in [0.2, 0.25) is 0 Å². The lowest BCUT2D eigenvalue weighted by Crippen LogP contribution is -2.20. The minimum absolute atomic E-state index is 0.104. The van der Waals surface area contributed by atoms with Crippen molar-refractivity contribution in [3.63, 3.8) is 0 Å². The van der Waals surface area contributed by atoms with Crippen LogP contribution in [0.4, 0.5) is 18.0 Å². The molecule has 0 atom stereocenters. The third-order valence-corrected chi connectivity index (χ3v) is 3.12. The number of ether oxygens (including phenoxy) is 2. The van der Waals surface area contributed by atoms with Gasteiger partial charge in [-0.05, 0) is 36.8 Å². The second-order valence-electron chi connectivity index (χ2n) is 5.02. The van der Waals surface area contributed by atoms with Crippen molar-refractivity contribution in [1.82, 2.24) is 0 Å². The Bertz CT molecular complexity index is 441. The van der Waals surface area contributed by atoms with Crippen molar-refractivity contribution in [3.05, 3.63) is 35.4 Å². The third kappa shape index (κ3) is 8.54. The Morgan fingerprint density at radius 1 is 1.00 bits per heavy atom. The summed E-state index contributed by atoms with van der Waals surface area (Å²) in [4.78, 5) is 10.7. The molecular formula is C16H21F3O3. The molecule has 0 saturated carbocycles. The van der Waals surface area contributed by atoms with E-state index in [9.17, 15) is 18.0 Å². The lowest BCUT2D eigenvalue weighted by molar-refractivity contribution is -0.299. The van der Waals surface area contributed by atoms with Gasteiger partial charge in [0.15, 0.2) is 0 Å². The zero-order chi connectivity index (χ0) is 16.4. The maximum atomic E-state index is 11.7. The van der Waals surface area contributed by atoms with Crippen LogP contribution in [0.1, 0.15) is 43.7 Å². The zero-order valence-corrected chi connectivity index (χ0v) is 12.6. The summed E-state index contributed by atoms with van der Waals surface area (Å²) in [5.41, 5.74) is 2.34. The molecule has 0 spiro atoms. The van der Waals surface area contributed by atoms with Gasteiger partial charge >= 0.3 is 12.5 Å². The predicted molar refractivity (Wildman–Crippen MR) is 76.5 cm³/mol. The smallest absolute Gasteiger partial charge is 0.434 e. The highest BCUT2D eigenvalue weighted by molar-refractivity contribution is 5.59. The number of alkyl halides is 3. The molecule has 0 unspecified atom stereocenters.